The third kappa shape index (κ3) is 3.82. The molecule has 0 amide bonds. The van der Waals surface area contributed by atoms with Gasteiger partial charge in [0.25, 0.3) is 0 Å². The van der Waals surface area contributed by atoms with Gasteiger partial charge in [0.05, 0.1) is 12.2 Å². The molecule has 1 saturated heterocycles. The highest BCUT2D eigenvalue weighted by Crippen LogP contribution is 2.47. The van der Waals surface area contributed by atoms with E-state index >= 15 is 0 Å². The van der Waals surface area contributed by atoms with Gasteiger partial charge in [0.15, 0.2) is 14.1 Å². The first-order chi connectivity index (χ1) is 9.93. The van der Waals surface area contributed by atoms with Crippen molar-refractivity contribution in [2.75, 3.05) is 0 Å². The van der Waals surface area contributed by atoms with Crippen LogP contribution >= 0.6 is 0 Å². The summed E-state index contributed by atoms with van der Waals surface area (Å²) in [6.45, 7) is 12.1. The maximum absolute atomic E-state index is 10.6. The van der Waals surface area contributed by atoms with Crippen molar-refractivity contribution in [1.29, 1.82) is 0 Å². The molecule has 2 aliphatic rings. The molecule has 128 valence electrons. The Balaban J connectivity index is 2.24. The normalized spacial score (nSPS) is 37.3. The van der Waals surface area contributed by atoms with Gasteiger partial charge in [0.2, 0.25) is 0 Å². The van der Waals surface area contributed by atoms with Crippen molar-refractivity contribution in [3.05, 3.63) is 12.2 Å². The molecule has 0 aromatic carbocycles. The highest BCUT2D eigenvalue weighted by Gasteiger charge is 2.50. The van der Waals surface area contributed by atoms with Gasteiger partial charge in [-0.15, -0.1) is 0 Å². The Morgan fingerprint density at radius 1 is 1.14 bits per heavy atom. The Kier molecular flexibility index (Phi) is 4.96. The molecule has 0 aromatic heterocycles. The SMILES string of the molecule is CC1(C)O[C@@H]2[C@@H](O1)[C@@H](CC(C)(C)[Si](C)(C)O)C/C=C\C[C@@H]2O. The molecule has 1 aliphatic carbocycles. The molecule has 0 aromatic rings. The number of aliphatic hydroxyl groups excluding tert-OH is 1. The lowest BCUT2D eigenvalue weighted by atomic mass is 9.83. The van der Waals surface area contributed by atoms with Crippen LogP contribution in [-0.2, 0) is 9.47 Å². The zero-order valence-corrected chi connectivity index (χ0v) is 15.8. The summed E-state index contributed by atoms with van der Waals surface area (Å²) in [5.74, 6) is -0.415. The van der Waals surface area contributed by atoms with Gasteiger partial charge in [-0.05, 0) is 57.2 Å². The second-order valence-electron chi connectivity index (χ2n) is 8.48. The van der Waals surface area contributed by atoms with E-state index in [4.69, 9.17) is 9.47 Å². The quantitative estimate of drug-likeness (QED) is 0.617. The van der Waals surface area contributed by atoms with E-state index in [9.17, 15) is 9.90 Å². The molecule has 0 bridgehead atoms. The van der Waals surface area contributed by atoms with E-state index in [0.717, 1.165) is 12.8 Å². The number of fused-ring (bicyclic) bond motifs is 1. The Bertz CT molecular complexity index is 425. The number of hydrogen-bond donors (Lipinski definition) is 2. The zero-order valence-electron chi connectivity index (χ0n) is 14.8. The summed E-state index contributed by atoms with van der Waals surface area (Å²) in [4.78, 5) is 10.6. The predicted molar refractivity (Wildman–Crippen MR) is 90.1 cm³/mol. The molecule has 2 rings (SSSR count). The lowest BCUT2D eigenvalue weighted by molar-refractivity contribution is -0.157. The Morgan fingerprint density at radius 2 is 1.68 bits per heavy atom. The molecule has 1 fully saturated rings. The Morgan fingerprint density at radius 3 is 2.27 bits per heavy atom. The maximum atomic E-state index is 10.6. The number of ether oxygens (including phenoxy) is 2. The zero-order chi connectivity index (χ0) is 16.8. The molecule has 1 heterocycles. The fraction of sp³-hybridized carbons (Fsp3) is 0.882. The van der Waals surface area contributed by atoms with Crippen LogP contribution < -0.4 is 0 Å². The Labute approximate surface area is 135 Å². The van der Waals surface area contributed by atoms with E-state index in [1.165, 1.54) is 0 Å². The minimum absolute atomic E-state index is 0.115. The largest absolute Gasteiger partial charge is 0.432 e. The molecular weight excluding hydrogens is 296 g/mol. The molecule has 0 saturated carbocycles. The molecular formula is C17H32O4Si. The van der Waals surface area contributed by atoms with Crippen LogP contribution in [0.2, 0.25) is 18.1 Å². The molecule has 4 atom stereocenters. The lowest BCUT2D eigenvalue weighted by Gasteiger charge is -2.40. The molecule has 2 N–H and O–H groups in total. The van der Waals surface area contributed by atoms with Gasteiger partial charge in [-0.25, -0.2) is 0 Å². The molecule has 22 heavy (non-hydrogen) atoms. The van der Waals surface area contributed by atoms with Gasteiger partial charge < -0.3 is 19.4 Å². The standard InChI is InChI=1S/C17H32O4Si/c1-16(2,22(5,6)19)11-12-9-7-8-10-13(18)15-14(12)20-17(3,4)21-15/h7-8,12-15,18-19H,9-11H2,1-6H3/b8-7-/t12-,13+,14+,15+/m1/s1. The van der Waals surface area contributed by atoms with Crippen LogP contribution in [0.25, 0.3) is 0 Å². The van der Waals surface area contributed by atoms with E-state index < -0.39 is 20.2 Å². The topological polar surface area (TPSA) is 58.9 Å². The molecule has 0 radical (unpaired) electrons. The number of allylic oxidation sites excluding steroid dienone is 1. The maximum Gasteiger partial charge on any atom is 0.188 e. The number of aliphatic hydroxyl groups is 1. The molecule has 4 nitrogen and oxygen atoms in total. The summed E-state index contributed by atoms with van der Waals surface area (Å²) in [6.07, 6.45) is 5.62. The van der Waals surface area contributed by atoms with E-state index in [0.29, 0.717) is 6.42 Å². The fourth-order valence-corrected chi connectivity index (χ4v) is 4.12. The summed E-state index contributed by atoms with van der Waals surface area (Å²) >= 11 is 0. The van der Waals surface area contributed by atoms with Gasteiger partial charge in [0, 0.05) is 0 Å². The van der Waals surface area contributed by atoms with Crippen molar-refractivity contribution in [2.45, 2.75) is 89.2 Å². The first-order valence-corrected chi connectivity index (χ1v) is 11.3. The second-order valence-corrected chi connectivity index (χ2v) is 13.0. The van der Waals surface area contributed by atoms with Crippen LogP contribution in [-0.4, -0.2) is 42.3 Å². The van der Waals surface area contributed by atoms with Crippen LogP contribution in [0, 0.1) is 5.92 Å². The summed E-state index contributed by atoms with van der Waals surface area (Å²) < 4.78 is 12.1. The Hall–Kier alpha value is -0.203. The molecule has 0 unspecified atom stereocenters. The van der Waals surface area contributed by atoms with E-state index in [2.05, 4.69) is 19.9 Å². The number of rotatable bonds is 3. The number of hydrogen-bond acceptors (Lipinski definition) is 4. The third-order valence-corrected chi connectivity index (χ3v) is 8.94. The smallest absolute Gasteiger partial charge is 0.188 e. The predicted octanol–water partition coefficient (Wildman–Crippen LogP) is 3.20. The van der Waals surface area contributed by atoms with Crippen LogP contribution in [0.15, 0.2) is 12.2 Å². The monoisotopic (exact) mass is 328 g/mol. The average molecular weight is 329 g/mol. The summed E-state index contributed by atoms with van der Waals surface area (Å²) in [6, 6.07) is 0. The third-order valence-electron chi connectivity index (χ3n) is 5.42. The van der Waals surface area contributed by atoms with Crippen LogP contribution in [0.3, 0.4) is 0 Å². The fourth-order valence-electron chi connectivity index (χ4n) is 3.36. The van der Waals surface area contributed by atoms with Crippen molar-refractivity contribution < 1.29 is 19.4 Å². The van der Waals surface area contributed by atoms with Gasteiger partial charge in [-0.1, -0.05) is 26.0 Å². The van der Waals surface area contributed by atoms with Crippen LogP contribution in [0.5, 0.6) is 0 Å². The van der Waals surface area contributed by atoms with Gasteiger partial charge >= 0.3 is 0 Å². The highest BCUT2D eigenvalue weighted by atomic mass is 28.4. The van der Waals surface area contributed by atoms with Gasteiger partial charge in [-0.2, -0.15) is 0 Å². The van der Waals surface area contributed by atoms with Gasteiger partial charge in [0.1, 0.15) is 6.10 Å². The average Bonchev–Trinajstić information content (AvgIpc) is 2.66. The minimum atomic E-state index is -2.28. The van der Waals surface area contributed by atoms with Crippen LogP contribution in [0.4, 0.5) is 0 Å². The lowest BCUT2D eigenvalue weighted by Crippen LogP contribution is -2.45. The van der Waals surface area contributed by atoms with Crippen LogP contribution in [0.1, 0.15) is 47.0 Å². The van der Waals surface area contributed by atoms with Crippen molar-refractivity contribution >= 4 is 8.32 Å². The van der Waals surface area contributed by atoms with Crippen molar-refractivity contribution in [3.8, 4) is 0 Å². The van der Waals surface area contributed by atoms with E-state index in [1.54, 1.807) is 0 Å². The van der Waals surface area contributed by atoms with E-state index in [1.807, 2.05) is 33.0 Å². The first kappa shape index (κ1) is 18.1. The van der Waals surface area contributed by atoms with E-state index in [-0.39, 0.29) is 23.2 Å². The summed E-state index contributed by atoms with van der Waals surface area (Å²) in [7, 11) is -2.28. The highest BCUT2D eigenvalue weighted by molar-refractivity contribution is 6.72. The van der Waals surface area contributed by atoms with Crippen molar-refractivity contribution in [3.63, 3.8) is 0 Å². The molecule has 1 aliphatic heterocycles. The molecule has 5 heteroatoms. The van der Waals surface area contributed by atoms with Crippen molar-refractivity contribution in [2.24, 2.45) is 5.92 Å². The van der Waals surface area contributed by atoms with Crippen molar-refractivity contribution in [1.82, 2.24) is 0 Å². The summed E-state index contributed by atoms with van der Waals surface area (Å²) in [5, 5.41) is 10.3. The second kappa shape index (κ2) is 6.02. The first-order valence-electron chi connectivity index (χ1n) is 8.34. The minimum Gasteiger partial charge on any atom is -0.432 e. The molecule has 0 spiro atoms. The summed E-state index contributed by atoms with van der Waals surface area (Å²) in [5.41, 5.74) is 0. The van der Waals surface area contributed by atoms with Gasteiger partial charge in [-0.3, -0.25) is 0 Å².